The number of aryl methyl sites for hydroxylation is 1. The maximum absolute atomic E-state index is 9.49. The molecule has 2 N–H and O–H groups in total. The minimum Gasteiger partial charge on any atom is -0.488 e. The Morgan fingerprint density at radius 1 is 1.09 bits per heavy atom. The zero-order valence-corrected chi connectivity index (χ0v) is 19.6. The first-order valence-corrected chi connectivity index (χ1v) is 12.5. The van der Waals surface area contributed by atoms with Gasteiger partial charge in [-0.2, -0.15) is 5.10 Å². The minimum atomic E-state index is 0.230. The standard InChI is InChI=1S/C28H35N3O2/c1-2-3-15-31-18-23(19-31)33-22-11-9-21(10-12-22)28-20(7-5-16-32)6-4-8-24-25(28)13-14-27-26(24)17-29-30-27/h9-14,17,23,32H,2-8,15-16,18-19H2,1H3,(H,29,30). The first kappa shape index (κ1) is 22.2. The summed E-state index contributed by atoms with van der Waals surface area (Å²) in [6.07, 6.45) is 9.76. The number of aromatic nitrogens is 2. The third-order valence-corrected chi connectivity index (χ3v) is 7.10. The van der Waals surface area contributed by atoms with Crippen molar-refractivity contribution in [3.05, 3.63) is 64.9 Å². The quantitative estimate of drug-likeness (QED) is 0.467. The number of fused-ring (bicyclic) bond motifs is 3. The first-order chi connectivity index (χ1) is 16.3. The van der Waals surface area contributed by atoms with Crippen LogP contribution in [0.1, 0.15) is 62.1 Å². The van der Waals surface area contributed by atoms with Gasteiger partial charge in [0.2, 0.25) is 0 Å². The lowest BCUT2D eigenvalue weighted by molar-refractivity contribution is 0.0193. The number of nitrogens with one attached hydrogen (secondary N) is 1. The number of likely N-dealkylation sites (tertiary alicyclic amines) is 1. The van der Waals surface area contributed by atoms with Crippen LogP contribution in [-0.4, -0.2) is 52.5 Å². The van der Waals surface area contributed by atoms with Gasteiger partial charge in [-0.25, -0.2) is 0 Å². The third kappa shape index (κ3) is 4.71. The average molecular weight is 446 g/mol. The Balaban J connectivity index is 1.41. The second kappa shape index (κ2) is 10.1. The van der Waals surface area contributed by atoms with Gasteiger partial charge in [0.05, 0.1) is 11.7 Å². The van der Waals surface area contributed by atoms with E-state index in [0.29, 0.717) is 6.10 Å². The number of rotatable bonds is 9. The fraction of sp³-hybridized carbons (Fsp3) is 0.464. The van der Waals surface area contributed by atoms with Gasteiger partial charge in [-0.05, 0) is 85.5 Å². The predicted octanol–water partition coefficient (Wildman–Crippen LogP) is 5.34. The van der Waals surface area contributed by atoms with Crippen LogP contribution < -0.4 is 4.74 Å². The van der Waals surface area contributed by atoms with Crippen molar-refractivity contribution in [2.45, 2.75) is 58.0 Å². The Bertz CT molecular complexity index is 1110. The fourth-order valence-corrected chi connectivity index (χ4v) is 5.33. The molecule has 2 heterocycles. The van der Waals surface area contributed by atoms with Gasteiger partial charge in [0.25, 0.3) is 0 Å². The maximum Gasteiger partial charge on any atom is 0.124 e. The highest BCUT2D eigenvalue weighted by Crippen LogP contribution is 2.39. The molecule has 0 atom stereocenters. The molecule has 0 saturated carbocycles. The Morgan fingerprint density at radius 2 is 1.94 bits per heavy atom. The van der Waals surface area contributed by atoms with E-state index in [1.165, 1.54) is 52.6 Å². The molecule has 1 saturated heterocycles. The van der Waals surface area contributed by atoms with E-state index in [-0.39, 0.29) is 6.61 Å². The SMILES string of the molecule is CCCCN1CC(Oc2ccc(C3=C(CCCO)CCCc4c3ccc3[nH]ncc43)cc2)C1. The van der Waals surface area contributed by atoms with Crippen LogP contribution in [0.4, 0.5) is 0 Å². The monoisotopic (exact) mass is 445 g/mol. The van der Waals surface area contributed by atoms with Crippen LogP contribution in [0.5, 0.6) is 5.75 Å². The van der Waals surface area contributed by atoms with Gasteiger partial charge in [-0.1, -0.05) is 37.1 Å². The lowest BCUT2D eigenvalue weighted by Crippen LogP contribution is -2.53. The molecule has 5 heteroatoms. The largest absolute Gasteiger partial charge is 0.488 e. The second-order valence-corrected chi connectivity index (χ2v) is 9.46. The van der Waals surface area contributed by atoms with Gasteiger partial charge in [0, 0.05) is 25.1 Å². The number of unbranched alkanes of at least 4 members (excludes halogenated alkanes) is 1. The number of ether oxygens (including phenoxy) is 1. The van der Waals surface area contributed by atoms with Gasteiger partial charge in [-0.3, -0.25) is 10.00 Å². The van der Waals surface area contributed by atoms with Gasteiger partial charge in [0.15, 0.2) is 0 Å². The minimum absolute atomic E-state index is 0.230. The zero-order chi connectivity index (χ0) is 22.6. The maximum atomic E-state index is 9.49. The van der Waals surface area contributed by atoms with Crippen LogP contribution in [0.2, 0.25) is 0 Å². The molecule has 2 aromatic carbocycles. The molecule has 0 spiro atoms. The molecule has 0 amide bonds. The number of nitrogens with zero attached hydrogens (tertiary/aromatic N) is 2. The number of allylic oxidation sites excluding steroid dienone is 1. The van der Waals surface area contributed by atoms with E-state index in [4.69, 9.17) is 4.74 Å². The number of hydrogen-bond acceptors (Lipinski definition) is 4. The highest BCUT2D eigenvalue weighted by Gasteiger charge is 2.27. The molecule has 5 nitrogen and oxygen atoms in total. The van der Waals surface area contributed by atoms with E-state index in [2.05, 4.69) is 58.4 Å². The van der Waals surface area contributed by atoms with E-state index >= 15 is 0 Å². The topological polar surface area (TPSA) is 61.4 Å². The van der Waals surface area contributed by atoms with Crippen molar-refractivity contribution in [3.8, 4) is 5.75 Å². The van der Waals surface area contributed by atoms with Gasteiger partial charge in [0.1, 0.15) is 11.9 Å². The van der Waals surface area contributed by atoms with Crippen LogP contribution in [0, 0.1) is 0 Å². The highest BCUT2D eigenvalue weighted by molar-refractivity contribution is 5.92. The van der Waals surface area contributed by atoms with E-state index < -0.39 is 0 Å². The first-order valence-electron chi connectivity index (χ1n) is 12.5. The second-order valence-electron chi connectivity index (χ2n) is 9.46. The van der Waals surface area contributed by atoms with E-state index in [1.54, 1.807) is 0 Å². The molecule has 174 valence electrons. The van der Waals surface area contributed by atoms with Crippen molar-refractivity contribution < 1.29 is 9.84 Å². The molecule has 1 aliphatic carbocycles. The summed E-state index contributed by atoms with van der Waals surface area (Å²) in [7, 11) is 0. The van der Waals surface area contributed by atoms with Crippen molar-refractivity contribution in [1.82, 2.24) is 15.1 Å². The molecule has 0 radical (unpaired) electrons. The summed E-state index contributed by atoms with van der Waals surface area (Å²) in [5, 5.41) is 18.1. The van der Waals surface area contributed by atoms with Crippen LogP contribution in [-0.2, 0) is 6.42 Å². The Hall–Kier alpha value is -2.63. The molecular formula is C28H35N3O2. The smallest absolute Gasteiger partial charge is 0.124 e. The predicted molar refractivity (Wildman–Crippen MR) is 134 cm³/mol. The molecule has 0 bridgehead atoms. The molecule has 5 rings (SSSR count). The summed E-state index contributed by atoms with van der Waals surface area (Å²) in [4.78, 5) is 2.47. The van der Waals surface area contributed by atoms with E-state index in [9.17, 15) is 5.11 Å². The van der Waals surface area contributed by atoms with Crippen molar-refractivity contribution in [1.29, 1.82) is 0 Å². The van der Waals surface area contributed by atoms with E-state index in [0.717, 1.165) is 56.5 Å². The summed E-state index contributed by atoms with van der Waals surface area (Å²) >= 11 is 0. The summed E-state index contributed by atoms with van der Waals surface area (Å²) in [5.41, 5.74) is 7.82. The zero-order valence-electron chi connectivity index (χ0n) is 19.6. The van der Waals surface area contributed by atoms with Gasteiger partial charge in [-0.15, -0.1) is 0 Å². The summed E-state index contributed by atoms with van der Waals surface area (Å²) < 4.78 is 6.23. The molecule has 33 heavy (non-hydrogen) atoms. The number of aromatic amines is 1. The third-order valence-electron chi connectivity index (χ3n) is 7.10. The van der Waals surface area contributed by atoms with Gasteiger partial charge < -0.3 is 9.84 Å². The number of benzene rings is 2. The molecule has 1 aromatic heterocycles. The summed E-state index contributed by atoms with van der Waals surface area (Å²) in [6.45, 7) is 5.72. The lowest BCUT2D eigenvalue weighted by Gasteiger charge is -2.39. The highest BCUT2D eigenvalue weighted by atomic mass is 16.5. The lowest BCUT2D eigenvalue weighted by atomic mass is 9.88. The van der Waals surface area contributed by atoms with Crippen LogP contribution in [0.25, 0.3) is 16.5 Å². The fourth-order valence-electron chi connectivity index (χ4n) is 5.33. The van der Waals surface area contributed by atoms with Gasteiger partial charge >= 0.3 is 0 Å². The molecule has 1 aliphatic heterocycles. The molecule has 0 unspecified atom stereocenters. The van der Waals surface area contributed by atoms with Crippen molar-refractivity contribution in [3.63, 3.8) is 0 Å². The van der Waals surface area contributed by atoms with Crippen LogP contribution >= 0.6 is 0 Å². The Labute approximate surface area is 196 Å². The number of aliphatic hydroxyl groups is 1. The average Bonchev–Trinajstić information content (AvgIpc) is 3.21. The molecule has 1 fully saturated rings. The van der Waals surface area contributed by atoms with E-state index in [1.807, 2.05) is 6.20 Å². The summed E-state index contributed by atoms with van der Waals surface area (Å²) in [5.74, 6) is 0.954. The number of H-pyrrole nitrogens is 1. The molecule has 2 aliphatic rings. The Morgan fingerprint density at radius 3 is 2.73 bits per heavy atom. The number of hydrogen-bond donors (Lipinski definition) is 2. The summed E-state index contributed by atoms with van der Waals surface area (Å²) in [6, 6.07) is 13.1. The van der Waals surface area contributed by atoms with Crippen molar-refractivity contribution in [2.75, 3.05) is 26.2 Å². The van der Waals surface area contributed by atoms with Crippen molar-refractivity contribution in [2.24, 2.45) is 0 Å². The van der Waals surface area contributed by atoms with Crippen LogP contribution in [0.3, 0.4) is 0 Å². The van der Waals surface area contributed by atoms with Crippen molar-refractivity contribution >= 4 is 16.5 Å². The molecule has 3 aromatic rings. The molecular weight excluding hydrogens is 410 g/mol. The Kier molecular flexibility index (Phi) is 6.79. The normalized spacial score (nSPS) is 17.2. The van der Waals surface area contributed by atoms with Crippen LogP contribution in [0.15, 0.2) is 48.2 Å². The number of aliphatic hydroxyl groups excluding tert-OH is 1.